The van der Waals surface area contributed by atoms with Gasteiger partial charge in [0.25, 0.3) is 11.5 Å². The topological polar surface area (TPSA) is 81.8 Å². The molecule has 0 aliphatic rings. The Balaban J connectivity index is 1.98. The van der Waals surface area contributed by atoms with E-state index in [-0.39, 0.29) is 11.5 Å². The number of carbonyl (C=O) groups excluding carboxylic acids is 1. The molecule has 0 unspecified atom stereocenters. The molecule has 2 heterocycles. The molecule has 0 radical (unpaired) electrons. The summed E-state index contributed by atoms with van der Waals surface area (Å²) in [5.41, 5.74) is 0.475. The molecule has 0 fully saturated rings. The Labute approximate surface area is 142 Å². The van der Waals surface area contributed by atoms with Crippen LogP contribution in [0.5, 0.6) is 0 Å². The summed E-state index contributed by atoms with van der Waals surface area (Å²) in [6.07, 6.45) is 3.04. The van der Waals surface area contributed by atoms with E-state index in [0.717, 1.165) is 0 Å². The fraction of sp³-hybridized carbons (Fsp3) is 0.176. The largest absolute Gasteiger partial charge is 0.289 e. The number of rotatable bonds is 4. The number of amides is 1. The Morgan fingerprint density at radius 1 is 1.24 bits per heavy atom. The number of hydrogen-bond acceptors (Lipinski definition) is 4. The number of carbonyl (C=O) groups is 1. The predicted molar refractivity (Wildman–Crippen MR) is 90.4 cm³/mol. The quantitative estimate of drug-likeness (QED) is 0.788. The van der Waals surface area contributed by atoms with E-state index >= 15 is 0 Å². The molecule has 3 rings (SSSR count). The van der Waals surface area contributed by atoms with Crippen LogP contribution in [-0.2, 0) is 6.54 Å². The summed E-state index contributed by atoms with van der Waals surface area (Å²) >= 11 is 0. The number of anilines is 1. The first-order valence-corrected chi connectivity index (χ1v) is 7.68. The van der Waals surface area contributed by atoms with E-state index in [2.05, 4.69) is 15.4 Å². The average Bonchev–Trinajstić information content (AvgIpc) is 3.04. The van der Waals surface area contributed by atoms with E-state index in [1.165, 1.54) is 35.2 Å². The van der Waals surface area contributed by atoms with Gasteiger partial charge < -0.3 is 0 Å². The standard InChI is InChI=1S/C17H16FN5O2/c1-3-22-10-19-17(21-22)20-15(24)14-11(2)8-9-23(16(14)25)13-6-4-12(18)5-7-13/h4-10H,3H2,1-2H3,(H,20,21,24). The van der Waals surface area contributed by atoms with Gasteiger partial charge in [-0.3, -0.25) is 24.2 Å². The maximum Gasteiger partial charge on any atom is 0.268 e. The highest BCUT2D eigenvalue weighted by Gasteiger charge is 2.18. The lowest BCUT2D eigenvalue weighted by Gasteiger charge is -2.10. The molecule has 8 heteroatoms. The maximum atomic E-state index is 13.1. The predicted octanol–water partition coefficient (Wildman–Crippen LogP) is 2.15. The highest BCUT2D eigenvalue weighted by molar-refractivity contribution is 6.04. The second-order valence-corrected chi connectivity index (χ2v) is 5.40. The second-order valence-electron chi connectivity index (χ2n) is 5.40. The minimum atomic E-state index is -0.590. The summed E-state index contributed by atoms with van der Waals surface area (Å²) in [6, 6.07) is 7.10. The summed E-state index contributed by atoms with van der Waals surface area (Å²) in [6.45, 7) is 4.18. The molecular weight excluding hydrogens is 325 g/mol. The number of halogens is 1. The highest BCUT2D eigenvalue weighted by atomic mass is 19.1. The van der Waals surface area contributed by atoms with Gasteiger partial charge in [0.05, 0.1) is 0 Å². The zero-order chi connectivity index (χ0) is 18.0. The highest BCUT2D eigenvalue weighted by Crippen LogP contribution is 2.11. The molecule has 0 saturated heterocycles. The number of nitrogens with one attached hydrogen (secondary N) is 1. The van der Waals surface area contributed by atoms with Crippen LogP contribution in [0, 0.1) is 12.7 Å². The van der Waals surface area contributed by atoms with Crippen molar-refractivity contribution in [2.24, 2.45) is 0 Å². The number of pyridine rings is 1. The number of nitrogens with zero attached hydrogens (tertiary/aromatic N) is 4. The zero-order valence-corrected chi connectivity index (χ0v) is 13.7. The lowest BCUT2D eigenvalue weighted by atomic mass is 10.1. The monoisotopic (exact) mass is 341 g/mol. The van der Waals surface area contributed by atoms with Crippen molar-refractivity contribution in [3.8, 4) is 5.69 Å². The molecule has 1 N–H and O–H groups in total. The molecular formula is C17H16FN5O2. The van der Waals surface area contributed by atoms with Crippen molar-refractivity contribution >= 4 is 11.9 Å². The normalized spacial score (nSPS) is 10.7. The summed E-state index contributed by atoms with van der Waals surface area (Å²) in [7, 11) is 0. The van der Waals surface area contributed by atoms with E-state index in [0.29, 0.717) is 17.8 Å². The third-order valence-electron chi connectivity index (χ3n) is 3.72. The van der Waals surface area contributed by atoms with Crippen LogP contribution in [0.4, 0.5) is 10.3 Å². The molecule has 128 valence electrons. The summed E-state index contributed by atoms with van der Waals surface area (Å²) in [5, 5.41) is 6.59. The van der Waals surface area contributed by atoms with Gasteiger partial charge >= 0.3 is 0 Å². The Kier molecular flexibility index (Phi) is 4.42. The molecule has 25 heavy (non-hydrogen) atoms. The molecule has 0 spiro atoms. The summed E-state index contributed by atoms with van der Waals surface area (Å²) < 4.78 is 15.9. The van der Waals surface area contributed by atoms with Crippen molar-refractivity contribution in [3.05, 3.63) is 70.2 Å². The van der Waals surface area contributed by atoms with Gasteiger partial charge in [0.15, 0.2) is 0 Å². The van der Waals surface area contributed by atoms with Gasteiger partial charge in [0.2, 0.25) is 5.95 Å². The van der Waals surface area contributed by atoms with E-state index < -0.39 is 17.3 Å². The van der Waals surface area contributed by atoms with E-state index in [9.17, 15) is 14.0 Å². The Morgan fingerprint density at radius 3 is 2.60 bits per heavy atom. The van der Waals surface area contributed by atoms with E-state index in [4.69, 9.17) is 0 Å². The third kappa shape index (κ3) is 3.32. The number of benzene rings is 1. The van der Waals surface area contributed by atoms with Gasteiger partial charge in [-0.05, 0) is 49.7 Å². The van der Waals surface area contributed by atoms with Crippen LogP contribution in [0.2, 0.25) is 0 Å². The second kappa shape index (κ2) is 6.68. The van der Waals surface area contributed by atoms with Crippen LogP contribution in [0.1, 0.15) is 22.8 Å². The molecule has 0 aliphatic carbocycles. The molecule has 3 aromatic rings. The summed E-state index contributed by atoms with van der Waals surface area (Å²) in [4.78, 5) is 29.2. The molecule has 1 amide bonds. The Bertz CT molecular complexity index is 975. The molecule has 0 aliphatic heterocycles. The van der Waals surface area contributed by atoms with Gasteiger partial charge in [0, 0.05) is 18.4 Å². The van der Waals surface area contributed by atoms with Crippen LogP contribution in [0.25, 0.3) is 5.69 Å². The van der Waals surface area contributed by atoms with E-state index in [1.54, 1.807) is 23.9 Å². The minimum absolute atomic E-state index is 0.0142. The van der Waals surface area contributed by atoms with Crippen molar-refractivity contribution in [2.45, 2.75) is 20.4 Å². The smallest absolute Gasteiger partial charge is 0.268 e. The number of hydrogen-bond donors (Lipinski definition) is 1. The van der Waals surface area contributed by atoms with Crippen molar-refractivity contribution in [1.29, 1.82) is 0 Å². The van der Waals surface area contributed by atoms with Crippen LogP contribution < -0.4 is 10.9 Å². The first-order chi connectivity index (χ1) is 12.0. The minimum Gasteiger partial charge on any atom is -0.289 e. The van der Waals surface area contributed by atoms with Gasteiger partial charge in [-0.2, -0.15) is 0 Å². The SMILES string of the molecule is CCn1cnc(NC(=O)c2c(C)ccn(-c3ccc(F)cc3)c2=O)n1. The first kappa shape index (κ1) is 16.6. The average molecular weight is 341 g/mol. The first-order valence-electron chi connectivity index (χ1n) is 7.68. The zero-order valence-electron chi connectivity index (χ0n) is 13.7. The Morgan fingerprint density at radius 2 is 1.96 bits per heavy atom. The van der Waals surface area contributed by atoms with Crippen LogP contribution in [-0.4, -0.2) is 25.2 Å². The van der Waals surface area contributed by atoms with Crippen molar-refractivity contribution in [1.82, 2.24) is 19.3 Å². The number of aromatic nitrogens is 4. The van der Waals surface area contributed by atoms with E-state index in [1.807, 2.05) is 6.92 Å². The Hall–Kier alpha value is -3.29. The maximum absolute atomic E-state index is 13.1. The van der Waals surface area contributed by atoms with Crippen molar-refractivity contribution < 1.29 is 9.18 Å². The fourth-order valence-corrected chi connectivity index (χ4v) is 2.38. The third-order valence-corrected chi connectivity index (χ3v) is 3.72. The molecule has 1 aromatic carbocycles. The molecule has 0 atom stereocenters. The van der Waals surface area contributed by atoms with Crippen LogP contribution in [0.15, 0.2) is 47.7 Å². The van der Waals surface area contributed by atoms with Crippen LogP contribution in [0.3, 0.4) is 0 Å². The molecule has 0 saturated carbocycles. The van der Waals surface area contributed by atoms with Crippen molar-refractivity contribution in [2.75, 3.05) is 5.32 Å². The molecule has 7 nitrogen and oxygen atoms in total. The lowest BCUT2D eigenvalue weighted by Crippen LogP contribution is -2.29. The van der Waals surface area contributed by atoms with Crippen molar-refractivity contribution in [3.63, 3.8) is 0 Å². The van der Waals surface area contributed by atoms with Gasteiger partial charge in [-0.25, -0.2) is 9.37 Å². The van der Waals surface area contributed by atoms with Gasteiger partial charge in [-0.1, -0.05) is 0 Å². The van der Waals surface area contributed by atoms with Gasteiger partial charge in [0.1, 0.15) is 17.7 Å². The van der Waals surface area contributed by atoms with Crippen LogP contribution >= 0.6 is 0 Å². The summed E-state index contributed by atoms with van der Waals surface area (Å²) in [5.74, 6) is -0.866. The molecule has 2 aromatic heterocycles. The fourth-order valence-electron chi connectivity index (χ4n) is 2.38. The molecule has 0 bridgehead atoms. The number of aryl methyl sites for hydroxylation is 2. The van der Waals surface area contributed by atoms with Gasteiger partial charge in [-0.15, -0.1) is 5.10 Å². The lowest BCUT2D eigenvalue weighted by molar-refractivity contribution is 0.102.